The molecule has 0 radical (unpaired) electrons. The predicted molar refractivity (Wildman–Crippen MR) is 93.1 cm³/mol. The summed E-state index contributed by atoms with van der Waals surface area (Å²) in [7, 11) is 0. The third-order valence-corrected chi connectivity index (χ3v) is 5.89. The molecule has 0 unspecified atom stereocenters. The van der Waals surface area contributed by atoms with E-state index in [-0.39, 0.29) is 22.0 Å². The van der Waals surface area contributed by atoms with E-state index in [9.17, 15) is 19.2 Å². The first-order valence-electron chi connectivity index (χ1n) is 7.59. The maximum atomic E-state index is 12.3. The maximum absolute atomic E-state index is 12.3. The molecule has 24 heavy (non-hydrogen) atoms. The summed E-state index contributed by atoms with van der Waals surface area (Å²) in [6, 6.07) is 5.34. The van der Waals surface area contributed by atoms with Gasteiger partial charge in [0.25, 0.3) is 11.8 Å². The summed E-state index contributed by atoms with van der Waals surface area (Å²) in [5, 5.41) is 5.32. The first-order valence-corrected chi connectivity index (χ1v) is 9.57. The van der Waals surface area contributed by atoms with Crippen molar-refractivity contribution in [3.8, 4) is 0 Å². The Morgan fingerprint density at radius 3 is 1.71 bits per heavy atom. The van der Waals surface area contributed by atoms with Crippen LogP contribution in [-0.4, -0.2) is 45.6 Å². The van der Waals surface area contributed by atoms with Crippen LogP contribution in [0.5, 0.6) is 0 Å². The SMILES string of the molecule is O=C(N[C@@H]1CCSC1=O)c1cccc(C(=O)N[C@@H]2CCSC2=O)c1. The van der Waals surface area contributed by atoms with Gasteiger partial charge >= 0.3 is 0 Å². The Balaban J connectivity index is 1.66. The highest BCUT2D eigenvalue weighted by atomic mass is 32.2. The fourth-order valence-electron chi connectivity index (χ4n) is 2.54. The van der Waals surface area contributed by atoms with Crippen LogP contribution >= 0.6 is 23.5 Å². The van der Waals surface area contributed by atoms with E-state index >= 15 is 0 Å². The summed E-state index contributed by atoms with van der Waals surface area (Å²) in [6.07, 6.45) is 1.24. The summed E-state index contributed by atoms with van der Waals surface area (Å²) in [5.74, 6) is 0.662. The first kappa shape index (κ1) is 17.0. The van der Waals surface area contributed by atoms with Gasteiger partial charge in [0.05, 0.1) is 12.1 Å². The van der Waals surface area contributed by atoms with Crippen molar-refractivity contribution in [2.75, 3.05) is 11.5 Å². The average molecular weight is 364 g/mol. The lowest BCUT2D eigenvalue weighted by atomic mass is 10.1. The molecular weight excluding hydrogens is 348 g/mol. The molecule has 0 aliphatic carbocycles. The lowest BCUT2D eigenvalue weighted by Gasteiger charge is -2.12. The molecule has 2 aliphatic rings. The quantitative estimate of drug-likeness (QED) is 0.834. The fourth-order valence-corrected chi connectivity index (χ4v) is 4.40. The molecule has 2 aliphatic heterocycles. The monoisotopic (exact) mass is 364 g/mol. The highest BCUT2D eigenvalue weighted by Gasteiger charge is 2.28. The van der Waals surface area contributed by atoms with Crippen LogP contribution in [0.15, 0.2) is 24.3 Å². The number of carbonyl (C=O) groups is 4. The minimum Gasteiger partial charge on any atom is -0.341 e. The van der Waals surface area contributed by atoms with Crippen LogP contribution in [0.4, 0.5) is 0 Å². The lowest BCUT2D eigenvalue weighted by Crippen LogP contribution is -2.38. The van der Waals surface area contributed by atoms with Gasteiger partial charge in [-0.05, 0) is 31.0 Å². The summed E-state index contributed by atoms with van der Waals surface area (Å²) >= 11 is 2.43. The molecule has 126 valence electrons. The van der Waals surface area contributed by atoms with Gasteiger partial charge in [-0.2, -0.15) is 0 Å². The summed E-state index contributed by atoms with van der Waals surface area (Å²) in [6.45, 7) is 0. The number of benzene rings is 1. The molecule has 2 amide bonds. The zero-order chi connectivity index (χ0) is 17.1. The van der Waals surface area contributed by atoms with Gasteiger partial charge < -0.3 is 10.6 Å². The molecule has 2 N–H and O–H groups in total. The van der Waals surface area contributed by atoms with E-state index in [4.69, 9.17) is 0 Å². The number of amides is 2. The molecule has 6 nitrogen and oxygen atoms in total. The second-order valence-electron chi connectivity index (χ2n) is 5.55. The zero-order valence-corrected chi connectivity index (χ0v) is 14.4. The summed E-state index contributed by atoms with van der Waals surface area (Å²) in [5.41, 5.74) is 0.638. The average Bonchev–Trinajstić information content (AvgIpc) is 3.16. The third-order valence-electron chi connectivity index (χ3n) is 3.87. The van der Waals surface area contributed by atoms with Crippen molar-refractivity contribution in [1.29, 1.82) is 0 Å². The smallest absolute Gasteiger partial charge is 0.251 e. The molecule has 2 saturated heterocycles. The molecule has 2 heterocycles. The molecule has 0 bridgehead atoms. The van der Waals surface area contributed by atoms with Gasteiger partial charge in [-0.15, -0.1) is 0 Å². The Morgan fingerprint density at radius 1 is 0.875 bits per heavy atom. The molecule has 3 rings (SSSR count). The molecule has 2 fully saturated rings. The van der Waals surface area contributed by atoms with Crippen LogP contribution in [0.3, 0.4) is 0 Å². The topological polar surface area (TPSA) is 92.3 Å². The Bertz CT molecular complexity index is 652. The van der Waals surface area contributed by atoms with Crippen molar-refractivity contribution in [2.45, 2.75) is 24.9 Å². The summed E-state index contributed by atoms with van der Waals surface area (Å²) in [4.78, 5) is 47.7. The van der Waals surface area contributed by atoms with Crippen molar-refractivity contribution in [3.63, 3.8) is 0 Å². The molecular formula is C16H16N2O4S2. The second kappa shape index (κ2) is 7.40. The van der Waals surface area contributed by atoms with Crippen LogP contribution in [0.1, 0.15) is 33.6 Å². The highest BCUT2D eigenvalue weighted by molar-refractivity contribution is 8.14. The number of hydrogen-bond acceptors (Lipinski definition) is 6. The molecule has 2 atom stereocenters. The highest BCUT2D eigenvalue weighted by Crippen LogP contribution is 2.21. The molecule has 1 aromatic carbocycles. The van der Waals surface area contributed by atoms with E-state index in [0.717, 1.165) is 0 Å². The largest absolute Gasteiger partial charge is 0.341 e. The van der Waals surface area contributed by atoms with Crippen LogP contribution in [0.2, 0.25) is 0 Å². The van der Waals surface area contributed by atoms with Crippen molar-refractivity contribution in [2.24, 2.45) is 0 Å². The minimum atomic E-state index is -0.465. The van der Waals surface area contributed by atoms with E-state index < -0.39 is 12.1 Å². The molecule has 0 saturated carbocycles. The van der Waals surface area contributed by atoms with Crippen LogP contribution in [0.25, 0.3) is 0 Å². The number of carbonyl (C=O) groups excluding carboxylic acids is 4. The first-order chi connectivity index (χ1) is 11.5. The molecule has 8 heteroatoms. The number of rotatable bonds is 4. The van der Waals surface area contributed by atoms with Crippen LogP contribution in [0, 0.1) is 0 Å². The van der Waals surface area contributed by atoms with Gasteiger partial charge in [0.15, 0.2) is 0 Å². The zero-order valence-electron chi connectivity index (χ0n) is 12.7. The lowest BCUT2D eigenvalue weighted by molar-refractivity contribution is -0.112. The van der Waals surface area contributed by atoms with Crippen molar-refractivity contribution in [1.82, 2.24) is 10.6 Å². The number of hydrogen-bond donors (Lipinski definition) is 2. The second-order valence-corrected chi connectivity index (χ2v) is 7.74. The molecule has 0 spiro atoms. The van der Waals surface area contributed by atoms with Gasteiger partial charge in [0, 0.05) is 22.6 Å². The van der Waals surface area contributed by atoms with Crippen molar-refractivity contribution < 1.29 is 19.2 Å². The third kappa shape index (κ3) is 3.81. The normalized spacial score (nSPS) is 23.3. The van der Waals surface area contributed by atoms with Gasteiger partial charge in [0.1, 0.15) is 0 Å². The van der Waals surface area contributed by atoms with Gasteiger partial charge in [-0.3, -0.25) is 19.2 Å². The standard InChI is InChI=1S/C16H16N2O4S2/c19-13(17-11-4-6-23-15(11)21)9-2-1-3-10(8-9)14(20)18-12-5-7-24-16(12)22/h1-3,8,11-12H,4-7H2,(H,17,19)(H,18,20)/t11-,12-/m1/s1. The Hall–Kier alpha value is -1.80. The van der Waals surface area contributed by atoms with Gasteiger partial charge in [0.2, 0.25) is 10.2 Å². The van der Waals surface area contributed by atoms with Crippen molar-refractivity contribution >= 4 is 45.6 Å². The maximum Gasteiger partial charge on any atom is 0.251 e. The van der Waals surface area contributed by atoms with E-state index in [1.165, 1.54) is 29.6 Å². The van der Waals surface area contributed by atoms with Crippen LogP contribution < -0.4 is 10.6 Å². The number of thioether (sulfide) groups is 2. The predicted octanol–water partition coefficient (Wildman–Crippen LogP) is 1.21. The molecule has 1 aromatic rings. The number of nitrogens with one attached hydrogen (secondary N) is 2. The fraction of sp³-hybridized carbons (Fsp3) is 0.375. The molecule has 0 aromatic heterocycles. The van der Waals surface area contributed by atoms with Gasteiger partial charge in [-0.1, -0.05) is 29.6 Å². The van der Waals surface area contributed by atoms with E-state index in [2.05, 4.69) is 10.6 Å². The van der Waals surface area contributed by atoms with Gasteiger partial charge in [-0.25, -0.2) is 0 Å². The minimum absolute atomic E-state index is 0.0329. The van der Waals surface area contributed by atoms with Crippen LogP contribution in [-0.2, 0) is 9.59 Å². The van der Waals surface area contributed by atoms with Crippen molar-refractivity contribution in [3.05, 3.63) is 35.4 Å². The Morgan fingerprint density at radius 2 is 1.33 bits per heavy atom. The summed E-state index contributed by atoms with van der Waals surface area (Å²) < 4.78 is 0. The van der Waals surface area contributed by atoms with E-state index in [1.807, 2.05) is 0 Å². The Labute approximate surface area is 147 Å². The van der Waals surface area contributed by atoms with E-state index in [0.29, 0.717) is 35.5 Å². The Kier molecular flexibility index (Phi) is 5.25. The van der Waals surface area contributed by atoms with E-state index in [1.54, 1.807) is 18.2 Å².